The van der Waals surface area contributed by atoms with Gasteiger partial charge in [-0.05, 0) is 23.6 Å². The highest BCUT2D eigenvalue weighted by Crippen LogP contribution is 2.34. The number of hydrogen-bond donors (Lipinski definition) is 2. The summed E-state index contributed by atoms with van der Waals surface area (Å²) in [4.78, 5) is 26.1. The van der Waals surface area contributed by atoms with Gasteiger partial charge >= 0.3 is 24.3 Å². The fraction of sp³-hybridized carbons (Fsp3) is 0.476. The molecule has 2 aliphatic rings. The number of alkyl halides is 6. The predicted octanol–water partition coefficient (Wildman–Crippen LogP) is 3.83. The molecule has 2 aromatic heterocycles. The molecule has 2 N–H and O–H groups in total. The van der Waals surface area contributed by atoms with Crippen molar-refractivity contribution in [1.29, 1.82) is 0 Å². The Balaban J connectivity index is 0.000000271. The summed E-state index contributed by atoms with van der Waals surface area (Å²) in [6.07, 6.45) is -8.10. The third-order valence-electron chi connectivity index (χ3n) is 5.05. The van der Waals surface area contributed by atoms with Crippen molar-refractivity contribution in [1.82, 2.24) is 9.88 Å². The molecular weight excluding hydrogens is 522 g/mol. The highest BCUT2D eigenvalue weighted by atomic mass is 32.1. The van der Waals surface area contributed by atoms with E-state index in [0.29, 0.717) is 18.6 Å². The monoisotopic (exact) mass is 544 g/mol. The molecule has 0 radical (unpaired) electrons. The third-order valence-corrected chi connectivity index (χ3v) is 5.91. The van der Waals surface area contributed by atoms with Crippen LogP contribution in [0.25, 0.3) is 0 Å². The maximum Gasteiger partial charge on any atom is 0.490 e. The number of nitrogens with zero attached hydrogens (tertiary/aromatic N) is 2. The summed E-state index contributed by atoms with van der Waals surface area (Å²) in [7, 11) is 0. The molecule has 200 valence electrons. The van der Waals surface area contributed by atoms with Gasteiger partial charge in [0.25, 0.3) is 0 Å². The minimum Gasteiger partial charge on any atom is -0.475 e. The fourth-order valence-corrected chi connectivity index (χ4v) is 4.16. The number of pyridine rings is 1. The molecule has 0 amide bonds. The Labute approximate surface area is 205 Å². The van der Waals surface area contributed by atoms with E-state index in [1.807, 2.05) is 35.7 Å². The zero-order valence-corrected chi connectivity index (χ0v) is 19.2. The van der Waals surface area contributed by atoms with E-state index < -0.39 is 24.3 Å². The lowest BCUT2D eigenvalue weighted by molar-refractivity contribution is -0.193. The molecule has 2 aliphatic heterocycles. The molecule has 2 aromatic rings. The molecule has 0 unspecified atom stereocenters. The summed E-state index contributed by atoms with van der Waals surface area (Å²) in [5.74, 6) is -5.02. The second kappa shape index (κ2) is 13.0. The first-order valence-electron chi connectivity index (χ1n) is 10.2. The van der Waals surface area contributed by atoms with Crippen molar-refractivity contribution in [3.05, 3.63) is 52.5 Å². The average molecular weight is 544 g/mol. The van der Waals surface area contributed by atoms with Crippen molar-refractivity contribution in [2.45, 2.75) is 37.7 Å². The van der Waals surface area contributed by atoms with Crippen LogP contribution in [0.5, 0.6) is 0 Å². The number of likely N-dealkylation sites (tertiary alicyclic amines) is 1. The quantitative estimate of drug-likeness (QED) is 0.547. The van der Waals surface area contributed by atoms with Crippen molar-refractivity contribution in [3.63, 3.8) is 0 Å². The van der Waals surface area contributed by atoms with Crippen LogP contribution in [-0.4, -0.2) is 76.3 Å². The topological polar surface area (TPSA) is 109 Å². The molecule has 0 aliphatic carbocycles. The second-order valence-electron chi connectivity index (χ2n) is 7.55. The zero-order valence-electron chi connectivity index (χ0n) is 18.4. The van der Waals surface area contributed by atoms with Gasteiger partial charge in [0, 0.05) is 36.1 Å². The maximum atomic E-state index is 10.6. The summed E-state index contributed by atoms with van der Waals surface area (Å²) in [5.41, 5.74) is 0.995. The lowest BCUT2D eigenvalue weighted by Crippen LogP contribution is -2.31. The first-order valence-corrected chi connectivity index (χ1v) is 11.1. The van der Waals surface area contributed by atoms with Gasteiger partial charge in [0.2, 0.25) is 0 Å². The third kappa shape index (κ3) is 9.37. The van der Waals surface area contributed by atoms with Crippen molar-refractivity contribution in [3.8, 4) is 0 Å². The molecule has 15 heteroatoms. The summed E-state index contributed by atoms with van der Waals surface area (Å²) >= 11 is 1.82. The number of thiophene rings is 1. The minimum atomic E-state index is -5.08. The number of carboxylic acid groups (broad SMARTS) is 2. The number of rotatable bonds is 5. The predicted molar refractivity (Wildman–Crippen MR) is 113 cm³/mol. The Kier molecular flexibility index (Phi) is 10.6. The fourth-order valence-electron chi connectivity index (χ4n) is 3.43. The van der Waals surface area contributed by atoms with Gasteiger partial charge in [0.15, 0.2) is 0 Å². The number of aromatic nitrogens is 1. The first kappa shape index (κ1) is 29.5. The van der Waals surface area contributed by atoms with Gasteiger partial charge in [-0.15, -0.1) is 11.3 Å². The van der Waals surface area contributed by atoms with E-state index in [-0.39, 0.29) is 6.10 Å². The number of carboxylic acids is 2. The largest absolute Gasteiger partial charge is 0.490 e. The van der Waals surface area contributed by atoms with Crippen LogP contribution in [-0.2, 0) is 32.2 Å². The molecule has 3 atom stereocenters. The Morgan fingerprint density at radius 3 is 2.19 bits per heavy atom. The molecular formula is C21H22F6N2O6S. The second-order valence-corrected chi connectivity index (χ2v) is 8.59. The summed E-state index contributed by atoms with van der Waals surface area (Å²) in [6, 6.07) is 10.8. The molecule has 8 nitrogen and oxygen atoms in total. The van der Waals surface area contributed by atoms with E-state index in [1.165, 1.54) is 4.88 Å². The van der Waals surface area contributed by atoms with Crippen LogP contribution in [0.3, 0.4) is 0 Å². The van der Waals surface area contributed by atoms with Gasteiger partial charge in [-0.25, -0.2) is 9.59 Å². The van der Waals surface area contributed by atoms with Gasteiger partial charge < -0.3 is 19.7 Å². The molecule has 36 heavy (non-hydrogen) atoms. The van der Waals surface area contributed by atoms with Crippen LogP contribution in [0.1, 0.15) is 10.6 Å². The molecule has 2 saturated heterocycles. The summed E-state index contributed by atoms with van der Waals surface area (Å²) in [6.45, 7) is 4.23. The Hall–Kier alpha value is -2.75. The van der Waals surface area contributed by atoms with E-state index in [0.717, 1.165) is 32.0 Å². The van der Waals surface area contributed by atoms with E-state index >= 15 is 0 Å². The lowest BCUT2D eigenvalue weighted by atomic mass is 10.0. The highest BCUT2D eigenvalue weighted by Gasteiger charge is 2.46. The Morgan fingerprint density at radius 1 is 1.06 bits per heavy atom. The number of ether oxygens (including phenoxy) is 2. The maximum absolute atomic E-state index is 10.6. The molecule has 0 aromatic carbocycles. The van der Waals surface area contributed by atoms with Crippen LogP contribution in [0.15, 0.2) is 41.9 Å². The van der Waals surface area contributed by atoms with Crippen molar-refractivity contribution >= 4 is 23.3 Å². The number of halogens is 6. The van der Waals surface area contributed by atoms with Crippen LogP contribution >= 0.6 is 11.3 Å². The average Bonchev–Trinajstić information content (AvgIpc) is 3.53. The molecule has 0 bridgehead atoms. The van der Waals surface area contributed by atoms with E-state index in [1.54, 1.807) is 0 Å². The van der Waals surface area contributed by atoms with Gasteiger partial charge in [0.05, 0.1) is 31.6 Å². The van der Waals surface area contributed by atoms with Crippen molar-refractivity contribution in [2.24, 2.45) is 5.92 Å². The minimum absolute atomic E-state index is 0.245. The van der Waals surface area contributed by atoms with E-state index in [4.69, 9.17) is 29.3 Å². The molecule has 4 rings (SSSR count). The SMILES string of the molecule is O=C(O)C(F)(F)F.O=C(O)C(F)(F)F.c1ccc(CO[C@@H]2CN(Cc3cccs3)[C@@H]3COC[C@@H]32)nc1. The number of aliphatic carboxylic acids is 2. The number of fused-ring (bicyclic) bond motifs is 1. The molecule has 2 fully saturated rings. The van der Waals surface area contributed by atoms with Crippen molar-refractivity contribution < 1.29 is 55.6 Å². The zero-order chi connectivity index (χ0) is 26.9. The standard InChI is InChI=1S/C17H20N2O2S.2C2HF3O2/c1-2-6-18-13(4-1)10-21-17-9-19(8-14-5-3-7-22-14)16-12-20-11-15(16)17;2*3-2(4,5)1(6)7/h1-7,15-17H,8-12H2;2*(H,6,7)/t15-,16+,17+;;/m0../s1. The summed E-state index contributed by atoms with van der Waals surface area (Å²) < 4.78 is 75.4. The number of carbonyl (C=O) groups is 2. The number of hydrogen-bond acceptors (Lipinski definition) is 7. The van der Waals surface area contributed by atoms with Crippen LogP contribution in [0, 0.1) is 5.92 Å². The Bertz CT molecular complexity index is 934. The van der Waals surface area contributed by atoms with Gasteiger partial charge in [0.1, 0.15) is 0 Å². The smallest absolute Gasteiger partial charge is 0.475 e. The van der Waals surface area contributed by atoms with Crippen molar-refractivity contribution in [2.75, 3.05) is 19.8 Å². The normalized spacial score (nSPS) is 21.6. The lowest BCUT2D eigenvalue weighted by Gasteiger charge is -2.21. The van der Waals surface area contributed by atoms with Gasteiger partial charge in [-0.1, -0.05) is 12.1 Å². The van der Waals surface area contributed by atoms with Crippen LogP contribution in [0.4, 0.5) is 26.3 Å². The van der Waals surface area contributed by atoms with Crippen LogP contribution < -0.4 is 0 Å². The molecule has 4 heterocycles. The Morgan fingerprint density at radius 2 is 1.69 bits per heavy atom. The van der Waals surface area contributed by atoms with Crippen LogP contribution in [0.2, 0.25) is 0 Å². The van der Waals surface area contributed by atoms with E-state index in [2.05, 4.69) is 27.4 Å². The summed E-state index contributed by atoms with van der Waals surface area (Å²) in [5, 5.41) is 16.4. The first-order chi connectivity index (χ1) is 16.8. The van der Waals surface area contributed by atoms with Gasteiger partial charge in [-0.3, -0.25) is 9.88 Å². The highest BCUT2D eigenvalue weighted by molar-refractivity contribution is 7.09. The molecule has 0 spiro atoms. The van der Waals surface area contributed by atoms with E-state index in [9.17, 15) is 26.3 Å². The van der Waals surface area contributed by atoms with Gasteiger partial charge in [-0.2, -0.15) is 26.3 Å². The molecule has 0 saturated carbocycles.